The SMILES string of the molecule is CCNC(c1ccco1)c1cc2ccccc2s1. The van der Waals surface area contributed by atoms with E-state index < -0.39 is 0 Å². The molecule has 2 heterocycles. The van der Waals surface area contributed by atoms with Crippen molar-refractivity contribution in [3.63, 3.8) is 0 Å². The molecule has 2 nitrogen and oxygen atoms in total. The van der Waals surface area contributed by atoms with E-state index in [2.05, 4.69) is 42.6 Å². The summed E-state index contributed by atoms with van der Waals surface area (Å²) >= 11 is 1.82. The zero-order valence-electron chi connectivity index (χ0n) is 10.2. The van der Waals surface area contributed by atoms with E-state index >= 15 is 0 Å². The van der Waals surface area contributed by atoms with Gasteiger partial charge in [0.1, 0.15) is 11.8 Å². The summed E-state index contributed by atoms with van der Waals surface area (Å²) in [6, 6.07) is 14.8. The van der Waals surface area contributed by atoms with Crippen LogP contribution < -0.4 is 5.32 Å². The van der Waals surface area contributed by atoms with Crippen LogP contribution in [0.1, 0.15) is 23.6 Å². The Morgan fingerprint density at radius 2 is 2.11 bits per heavy atom. The first-order chi connectivity index (χ1) is 8.88. The molecule has 1 atom stereocenters. The van der Waals surface area contributed by atoms with Crippen molar-refractivity contribution in [1.29, 1.82) is 0 Å². The van der Waals surface area contributed by atoms with Crippen LogP contribution in [0.3, 0.4) is 0 Å². The van der Waals surface area contributed by atoms with Gasteiger partial charge in [-0.1, -0.05) is 25.1 Å². The van der Waals surface area contributed by atoms with E-state index in [1.165, 1.54) is 15.0 Å². The molecule has 0 aliphatic carbocycles. The molecule has 0 amide bonds. The molecule has 3 aromatic rings. The minimum Gasteiger partial charge on any atom is -0.467 e. The number of benzene rings is 1. The fraction of sp³-hybridized carbons (Fsp3) is 0.200. The van der Waals surface area contributed by atoms with Crippen LogP contribution in [0.2, 0.25) is 0 Å². The van der Waals surface area contributed by atoms with Crippen molar-refractivity contribution < 1.29 is 4.42 Å². The minimum absolute atomic E-state index is 0.155. The van der Waals surface area contributed by atoms with Gasteiger partial charge in [-0.15, -0.1) is 11.3 Å². The van der Waals surface area contributed by atoms with Gasteiger partial charge in [-0.2, -0.15) is 0 Å². The Balaban J connectivity index is 2.04. The summed E-state index contributed by atoms with van der Waals surface area (Å²) in [6.07, 6.45) is 1.73. The van der Waals surface area contributed by atoms with Crippen LogP contribution in [0.5, 0.6) is 0 Å². The molecule has 2 aromatic heterocycles. The summed E-state index contributed by atoms with van der Waals surface area (Å²) in [5, 5.41) is 4.78. The Morgan fingerprint density at radius 3 is 2.83 bits per heavy atom. The maximum atomic E-state index is 5.54. The van der Waals surface area contributed by atoms with Crippen LogP contribution >= 0.6 is 11.3 Å². The number of fused-ring (bicyclic) bond motifs is 1. The zero-order chi connectivity index (χ0) is 12.4. The molecule has 0 radical (unpaired) electrons. The average molecular weight is 257 g/mol. The molecule has 1 N–H and O–H groups in total. The molecule has 92 valence electrons. The molecule has 3 rings (SSSR count). The lowest BCUT2D eigenvalue weighted by atomic mass is 10.1. The van der Waals surface area contributed by atoms with Crippen LogP contribution in [0.25, 0.3) is 10.1 Å². The lowest BCUT2D eigenvalue weighted by molar-refractivity contribution is 0.455. The van der Waals surface area contributed by atoms with Crippen LogP contribution in [0, 0.1) is 0 Å². The Kier molecular flexibility index (Phi) is 3.17. The number of furan rings is 1. The molecule has 1 unspecified atom stereocenters. The molecular weight excluding hydrogens is 242 g/mol. The number of nitrogens with one attached hydrogen (secondary N) is 1. The first kappa shape index (κ1) is 11.5. The summed E-state index contributed by atoms with van der Waals surface area (Å²) in [4.78, 5) is 1.30. The summed E-state index contributed by atoms with van der Waals surface area (Å²) in [7, 11) is 0. The van der Waals surface area contributed by atoms with Crippen molar-refractivity contribution in [1.82, 2.24) is 5.32 Å². The predicted octanol–water partition coefficient (Wildman–Crippen LogP) is 4.19. The molecule has 0 aliphatic rings. The first-order valence-electron chi connectivity index (χ1n) is 6.13. The van der Waals surface area contributed by atoms with E-state index in [0.29, 0.717) is 0 Å². The van der Waals surface area contributed by atoms with Crippen LogP contribution in [0.15, 0.2) is 53.1 Å². The summed E-state index contributed by atoms with van der Waals surface area (Å²) < 4.78 is 6.86. The Hall–Kier alpha value is -1.58. The highest BCUT2D eigenvalue weighted by Gasteiger charge is 2.17. The van der Waals surface area contributed by atoms with E-state index in [-0.39, 0.29) is 6.04 Å². The smallest absolute Gasteiger partial charge is 0.126 e. The summed E-state index contributed by atoms with van der Waals surface area (Å²) in [6.45, 7) is 3.03. The van der Waals surface area contributed by atoms with Crippen molar-refractivity contribution in [3.05, 3.63) is 59.4 Å². The fourth-order valence-electron chi connectivity index (χ4n) is 2.15. The molecule has 0 spiro atoms. The Bertz CT molecular complexity index is 594. The van der Waals surface area contributed by atoms with Gasteiger partial charge in [0.15, 0.2) is 0 Å². The van der Waals surface area contributed by atoms with E-state index in [4.69, 9.17) is 4.42 Å². The summed E-state index contributed by atoms with van der Waals surface area (Å²) in [5.41, 5.74) is 0. The zero-order valence-corrected chi connectivity index (χ0v) is 11.0. The number of thiophene rings is 1. The van der Waals surface area contributed by atoms with Crippen LogP contribution in [-0.4, -0.2) is 6.54 Å². The van der Waals surface area contributed by atoms with Crippen molar-refractivity contribution in [2.24, 2.45) is 0 Å². The first-order valence-corrected chi connectivity index (χ1v) is 6.95. The van der Waals surface area contributed by atoms with Gasteiger partial charge >= 0.3 is 0 Å². The maximum Gasteiger partial charge on any atom is 0.126 e. The van der Waals surface area contributed by atoms with Gasteiger partial charge in [0, 0.05) is 9.58 Å². The second kappa shape index (κ2) is 4.96. The molecule has 0 saturated heterocycles. The third-order valence-corrected chi connectivity index (χ3v) is 4.15. The third kappa shape index (κ3) is 2.07. The quantitative estimate of drug-likeness (QED) is 0.758. The summed E-state index contributed by atoms with van der Waals surface area (Å²) in [5.74, 6) is 0.975. The van der Waals surface area contributed by atoms with E-state index in [0.717, 1.165) is 12.3 Å². The molecular formula is C15H15NOS. The highest BCUT2D eigenvalue weighted by molar-refractivity contribution is 7.19. The standard InChI is InChI=1S/C15H15NOS/c1-2-16-15(12-7-5-9-17-12)14-10-11-6-3-4-8-13(11)18-14/h3-10,15-16H,2H2,1H3. The number of hydrogen-bond donors (Lipinski definition) is 1. The van der Waals surface area contributed by atoms with Gasteiger partial charge in [-0.25, -0.2) is 0 Å². The molecule has 0 aliphatic heterocycles. The Morgan fingerprint density at radius 1 is 1.22 bits per heavy atom. The Labute approximate surface area is 110 Å². The van der Waals surface area contributed by atoms with Crippen molar-refractivity contribution in [2.45, 2.75) is 13.0 Å². The lowest BCUT2D eigenvalue weighted by Crippen LogP contribution is -2.20. The van der Waals surface area contributed by atoms with Crippen LogP contribution in [0.4, 0.5) is 0 Å². The van der Waals surface area contributed by atoms with Crippen molar-refractivity contribution >= 4 is 21.4 Å². The van der Waals surface area contributed by atoms with Crippen LogP contribution in [-0.2, 0) is 0 Å². The minimum atomic E-state index is 0.155. The van der Waals surface area contributed by atoms with Gasteiger partial charge in [-0.05, 0) is 36.2 Å². The largest absolute Gasteiger partial charge is 0.467 e. The normalized spacial score (nSPS) is 12.9. The maximum absolute atomic E-state index is 5.54. The number of rotatable bonds is 4. The van der Waals surface area contributed by atoms with Crippen molar-refractivity contribution in [3.8, 4) is 0 Å². The van der Waals surface area contributed by atoms with E-state index in [1.54, 1.807) is 6.26 Å². The molecule has 0 saturated carbocycles. The van der Waals surface area contributed by atoms with Gasteiger partial charge in [0.05, 0.1) is 6.26 Å². The second-order valence-electron chi connectivity index (χ2n) is 4.19. The van der Waals surface area contributed by atoms with Gasteiger partial charge in [-0.3, -0.25) is 0 Å². The second-order valence-corrected chi connectivity index (χ2v) is 5.31. The lowest BCUT2D eigenvalue weighted by Gasteiger charge is -2.13. The third-order valence-electron chi connectivity index (χ3n) is 2.97. The molecule has 18 heavy (non-hydrogen) atoms. The molecule has 0 fully saturated rings. The van der Waals surface area contributed by atoms with Gasteiger partial charge in [0.25, 0.3) is 0 Å². The van der Waals surface area contributed by atoms with Crippen molar-refractivity contribution in [2.75, 3.05) is 6.54 Å². The molecule has 0 bridgehead atoms. The number of hydrogen-bond acceptors (Lipinski definition) is 3. The van der Waals surface area contributed by atoms with E-state index in [9.17, 15) is 0 Å². The molecule has 3 heteroatoms. The molecule has 1 aromatic carbocycles. The highest BCUT2D eigenvalue weighted by Crippen LogP contribution is 2.33. The topological polar surface area (TPSA) is 25.2 Å². The fourth-order valence-corrected chi connectivity index (χ4v) is 3.29. The average Bonchev–Trinajstić information content (AvgIpc) is 3.04. The van der Waals surface area contributed by atoms with E-state index in [1.807, 2.05) is 23.5 Å². The monoisotopic (exact) mass is 257 g/mol. The highest BCUT2D eigenvalue weighted by atomic mass is 32.1. The van der Waals surface area contributed by atoms with Gasteiger partial charge < -0.3 is 9.73 Å². The predicted molar refractivity (Wildman–Crippen MR) is 76.1 cm³/mol. The van der Waals surface area contributed by atoms with Gasteiger partial charge in [0.2, 0.25) is 0 Å².